The molecule has 21 heavy (non-hydrogen) atoms. The van der Waals surface area contributed by atoms with Crippen LogP contribution < -0.4 is 5.73 Å². The van der Waals surface area contributed by atoms with Crippen LogP contribution in [-0.2, 0) is 6.54 Å². The third kappa shape index (κ3) is 3.04. The molecule has 0 fully saturated rings. The molecule has 2 aromatic rings. The number of halogens is 1. The third-order valence-corrected chi connectivity index (χ3v) is 3.57. The van der Waals surface area contributed by atoms with Gasteiger partial charge in [-0.15, -0.1) is 0 Å². The first-order chi connectivity index (χ1) is 9.93. The zero-order chi connectivity index (χ0) is 15.6. The molecular weight excluding hydrogens is 271 g/mol. The molecule has 2 N–H and O–H groups in total. The van der Waals surface area contributed by atoms with Gasteiger partial charge in [0.25, 0.3) is 5.91 Å². The Balaban J connectivity index is 2.21. The first-order valence-electron chi connectivity index (χ1n) is 6.79. The lowest BCUT2D eigenvalue weighted by Crippen LogP contribution is -2.30. The Morgan fingerprint density at radius 2 is 2.05 bits per heavy atom. The Morgan fingerprint density at radius 1 is 1.43 bits per heavy atom. The molecule has 0 aliphatic carbocycles. The molecule has 0 aliphatic rings. The van der Waals surface area contributed by atoms with Crippen LogP contribution in [0, 0.1) is 5.82 Å². The Labute approximate surface area is 123 Å². The van der Waals surface area contributed by atoms with Gasteiger partial charge < -0.3 is 10.6 Å². The highest BCUT2D eigenvalue weighted by Gasteiger charge is 2.23. The molecule has 5 nitrogen and oxygen atoms in total. The van der Waals surface area contributed by atoms with Crippen LogP contribution in [0.3, 0.4) is 0 Å². The Hall–Kier alpha value is -2.37. The number of nitrogens with two attached hydrogens (primary N) is 1. The molecule has 1 amide bonds. The number of anilines is 1. The maximum Gasteiger partial charge on any atom is 0.276 e. The van der Waals surface area contributed by atoms with E-state index >= 15 is 0 Å². The molecule has 1 aromatic heterocycles. The number of rotatable bonds is 4. The monoisotopic (exact) mass is 290 g/mol. The summed E-state index contributed by atoms with van der Waals surface area (Å²) in [5.74, 6) is -0.553. The van der Waals surface area contributed by atoms with Gasteiger partial charge in [0.15, 0.2) is 5.69 Å². The second-order valence-corrected chi connectivity index (χ2v) is 4.93. The number of carbonyl (C=O) groups is 1. The first-order valence-corrected chi connectivity index (χ1v) is 6.79. The van der Waals surface area contributed by atoms with Crippen molar-refractivity contribution >= 4 is 11.6 Å². The zero-order valence-electron chi connectivity index (χ0n) is 12.4. The van der Waals surface area contributed by atoms with Crippen molar-refractivity contribution < 1.29 is 9.18 Å². The molecule has 6 heteroatoms. The van der Waals surface area contributed by atoms with Gasteiger partial charge in [0.05, 0.1) is 11.7 Å². The van der Waals surface area contributed by atoms with Gasteiger partial charge >= 0.3 is 0 Å². The highest BCUT2D eigenvalue weighted by molar-refractivity contribution is 5.97. The lowest BCUT2D eigenvalue weighted by Gasteiger charge is -2.24. The van der Waals surface area contributed by atoms with E-state index in [-0.39, 0.29) is 23.5 Å². The molecule has 1 aromatic carbocycles. The lowest BCUT2D eigenvalue weighted by molar-refractivity contribution is 0.0737. The van der Waals surface area contributed by atoms with E-state index in [2.05, 4.69) is 5.10 Å². The van der Waals surface area contributed by atoms with Crippen molar-refractivity contribution in [2.45, 2.75) is 26.4 Å². The molecule has 0 spiro atoms. The summed E-state index contributed by atoms with van der Waals surface area (Å²) in [7, 11) is 1.68. The van der Waals surface area contributed by atoms with Gasteiger partial charge in [0, 0.05) is 19.8 Å². The van der Waals surface area contributed by atoms with Gasteiger partial charge in [-0.25, -0.2) is 4.39 Å². The smallest absolute Gasteiger partial charge is 0.276 e. The fourth-order valence-electron chi connectivity index (χ4n) is 2.07. The average Bonchev–Trinajstić information content (AvgIpc) is 2.87. The Kier molecular flexibility index (Phi) is 4.26. The number of hydrogen-bond donors (Lipinski definition) is 1. The average molecular weight is 290 g/mol. The maximum absolute atomic E-state index is 13.0. The maximum atomic E-state index is 13.0. The Morgan fingerprint density at radius 3 is 2.57 bits per heavy atom. The number of benzene rings is 1. The molecule has 1 heterocycles. The first kappa shape index (κ1) is 15.0. The van der Waals surface area contributed by atoms with E-state index in [1.807, 2.05) is 13.8 Å². The predicted octanol–water partition coefficient (Wildman–Crippen LogP) is 2.46. The van der Waals surface area contributed by atoms with Crippen LogP contribution in [-0.4, -0.2) is 27.6 Å². The topological polar surface area (TPSA) is 64.2 Å². The quantitative estimate of drug-likeness (QED) is 0.940. The molecule has 0 saturated heterocycles. The summed E-state index contributed by atoms with van der Waals surface area (Å²) in [5, 5.41) is 4.18. The number of amides is 1. The second-order valence-electron chi connectivity index (χ2n) is 4.93. The number of aryl methyl sites for hydroxylation is 1. The number of hydrogen-bond acceptors (Lipinski definition) is 3. The van der Waals surface area contributed by atoms with Gasteiger partial charge in [-0.1, -0.05) is 12.1 Å². The predicted molar refractivity (Wildman–Crippen MR) is 79.2 cm³/mol. The van der Waals surface area contributed by atoms with Crippen molar-refractivity contribution in [2.24, 2.45) is 0 Å². The lowest BCUT2D eigenvalue weighted by atomic mass is 10.1. The van der Waals surface area contributed by atoms with Crippen molar-refractivity contribution in [2.75, 3.05) is 12.8 Å². The minimum atomic E-state index is -0.300. The molecular formula is C15H19FN4O. The molecule has 0 aliphatic heterocycles. The van der Waals surface area contributed by atoms with Gasteiger partial charge in [-0.3, -0.25) is 9.48 Å². The summed E-state index contributed by atoms with van der Waals surface area (Å²) in [5.41, 5.74) is 7.29. The van der Waals surface area contributed by atoms with Crippen molar-refractivity contribution in [1.29, 1.82) is 0 Å². The van der Waals surface area contributed by atoms with Crippen molar-refractivity contribution in [1.82, 2.24) is 14.7 Å². The van der Waals surface area contributed by atoms with Crippen molar-refractivity contribution in [3.05, 3.63) is 47.5 Å². The van der Waals surface area contributed by atoms with E-state index in [0.29, 0.717) is 12.2 Å². The molecule has 112 valence electrons. The fourth-order valence-corrected chi connectivity index (χ4v) is 2.07. The van der Waals surface area contributed by atoms with Crippen LogP contribution in [0.5, 0.6) is 0 Å². The molecule has 1 unspecified atom stereocenters. The van der Waals surface area contributed by atoms with E-state index < -0.39 is 0 Å². The van der Waals surface area contributed by atoms with E-state index in [4.69, 9.17) is 5.73 Å². The van der Waals surface area contributed by atoms with Gasteiger partial charge in [0.2, 0.25) is 0 Å². The highest BCUT2D eigenvalue weighted by Crippen LogP contribution is 2.22. The van der Waals surface area contributed by atoms with Crippen LogP contribution in [0.15, 0.2) is 30.5 Å². The summed E-state index contributed by atoms with van der Waals surface area (Å²) < 4.78 is 14.6. The van der Waals surface area contributed by atoms with Gasteiger partial charge in [0.1, 0.15) is 5.82 Å². The van der Waals surface area contributed by atoms with Gasteiger partial charge in [-0.2, -0.15) is 5.10 Å². The Bertz CT molecular complexity index is 636. The number of carbonyl (C=O) groups excluding carboxylic acids is 1. The van der Waals surface area contributed by atoms with Crippen LogP contribution in [0.1, 0.15) is 35.9 Å². The minimum absolute atomic E-state index is 0.204. The third-order valence-electron chi connectivity index (χ3n) is 3.57. The molecule has 0 bridgehead atoms. The van der Waals surface area contributed by atoms with Gasteiger partial charge in [-0.05, 0) is 31.5 Å². The molecule has 0 saturated carbocycles. The number of aromatic nitrogens is 2. The largest absolute Gasteiger partial charge is 0.396 e. The van der Waals surface area contributed by atoms with E-state index in [1.54, 1.807) is 35.0 Å². The SMILES string of the molecule is CCn1cc(N)c(C(=O)N(C)C(C)c2ccc(F)cc2)n1. The van der Waals surface area contributed by atoms with Crippen LogP contribution >= 0.6 is 0 Å². The summed E-state index contributed by atoms with van der Waals surface area (Å²) in [4.78, 5) is 14.0. The summed E-state index contributed by atoms with van der Waals surface area (Å²) in [6.45, 7) is 4.44. The second kappa shape index (κ2) is 5.95. The zero-order valence-corrected chi connectivity index (χ0v) is 12.4. The van der Waals surface area contributed by atoms with Crippen molar-refractivity contribution in [3.63, 3.8) is 0 Å². The summed E-state index contributed by atoms with van der Waals surface area (Å²) in [6.07, 6.45) is 1.64. The van der Waals surface area contributed by atoms with Crippen molar-refractivity contribution in [3.8, 4) is 0 Å². The molecule has 2 rings (SSSR count). The summed E-state index contributed by atoms with van der Waals surface area (Å²) >= 11 is 0. The number of nitrogen functional groups attached to an aromatic ring is 1. The van der Waals surface area contributed by atoms with E-state index in [9.17, 15) is 9.18 Å². The van der Waals surface area contributed by atoms with Crippen LogP contribution in [0.2, 0.25) is 0 Å². The van der Waals surface area contributed by atoms with Crippen LogP contribution in [0.4, 0.5) is 10.1 Å². The minimum Gasteiger partial charge on any atom is -0.396 e. The molecule has 1 atom stereocenters. The normalized spacial score (nSPS) is 12.2. The number of nitrogens with zero attached hydrogens (tertiary/aromatic N) is 3. The fraction of sp³-hybridized carbons (Fsp3) is 0.333. The van der Waals surface area contributed by atoms with E-state index in [0.717, 1.165) is 5.56 Å². The van der Waals surface area contributed by atoms with E-state index in [1.165, 1.54) is 12.1 Å². The highest BCUT2D eigenvalue weighted by atomic mass is 19.1. The standard InChI is InChI=1S/C15H19FN4O/c1-4-20-9-13(17)14(18-20)15(21)19(3)10(2)11-5-7-12(16)8-6-11/h5-10H,4,17H2,1-3H3. The summed E-state index contributed by atoms with van der Waals surface area (Å²) in [6, 6.07) is 5.88. The molecule has 0 radical (unpaired) electrons. The van der Waals surface area contributed by atoms with Crippen LogP contribution in [0.25, 0.3) is 0 Å².